The minimum absolute atomic E-state index is 0.0253. The number of hydrogen-bond acceptors (Lipinski definition) is 4. The van der Waals surface area contributed by atoms with Gasteiger partial charge in [0, 0.05) is 27.1 Å². The second-order valence-corrected chi connectivity index (χ2v) is 4.05. The van der Waals surface area contributed by atoms with E-state index >= 15 is 0 Å². The van der Waals surface area contributed by atoms with E-state index in [1.807, 2.05) is 0 Å². The summed E-state index contributed by atoms with van der Waals surface area (Å²) < 4.78 is 14.3. The number of pyridine rings is 1. The number of carbonyl (C=O) groups excluding carboxylic acids is 1. The molecule has 0 saturated heterocycles. The van der Waals surface area contributed by atoms with Crippen LogP contribution >= 0.6 is 0 Å². The summed E-state index contributed by atoms with van der Waals surface area (Å²) in [5.74, 6) is 0.0335. The van der Waals surface area contributed by atoms with E-state index in [-0.39, 0.29) is 11.7 Å². The molecule has 0 unspecified atom stereocenters. The van der Waals surface area contributed by atoms with Crippen LogP contribution in [0.3, 0.4) is 0 Å². The Labute approximate surface area is 103 Å². The first kappa shape index (κ1) is 12.3. The van der Waals surface area contributed by atoms with E-state index in [9.17, 15) is 9.18 Å². The molecular weight excluding hydrogens is 237 g/mol. The predicted octanol–water partition coefficient (Wildman–Crippen LogP) is 0.759. The molecule has 0 saturated carbocycles. The zero-order chi connectivity index (χ0) is 13.1. The summed E-state index contributed by atoms with van der Waals surface area (Å²) in [4.78, 5) is 17.0. The molecule has 96 valence electrons. The van der Waals surface area contributed by atoms with Crippen molar-refractivity contribution in [2.75, 3.05) is 26.0 Å². The van der Waals surface area contributed by atoms with Crippen LogP contribution in [-0.2, 0) is 4.79 Å². The molecule has 0 aliphatic carbocycles. The van der Waals surface area contributed by atoms with Gasteiger partial charge in [0.15, 0.2) is 5.65 Å². The van der Waals surface area contributed by atoms with Gasteiger partial charge in [-0.2, -0.15) is 4.98 Å². The molecule has 0 aromatic carbocycles. The number of nitrogens with zero attached hydrogens (tertiary/aromatic N) is 4. The fourth-order valence-electron chi connectivity index (χ4n) is 1.44. The largest absolute Gasteiger partial charge is 0.352 e. The molecule has 0 atom stereocenters. The average Bonchev–Trinajstić information content (AvgIpc) is 2.70. The summed E-state index contributed by atoms with van der Waals surface area (Å²) in [6.45, 7) is 0.441. The summed E-state index contributed by atoms with van der Waals surface area (Å²) in [7, 11) is 3.41. The fourth-order valence-corrected chi connectivity index (χ4v) is 1.44. The highest BCUT2D eigenvalue weighted by atomic mass is 19.1. The standard InChI is InChI=1S/C11H14FN5O/c1-16(2)10(18)5-6-13-11-14-9-4-3-8(12)7-17(9)15-11/h3-4,7H,5-6H2,1-2H3,(H,13,15). The Bertz CT molecular complexity index is 566. The van der Waals surface area contributed by atoms with E-state index < -0.39 is 0 Å². The maximum atomic E-state index is 12.9. The van der Waals surface area contributed by atoms with E-state index in [2.05, 4.69) is 15.4 Å². The minimum Gasteiger partial charge on any atom is -0.352 e. The number of aromatic nitrogens is 3. The molecule has 6 nitrogen and oxygen atoms in total. The molecule has 1 N–H and O–H groups in total. The van der Waals surface area contributed by atoms with Gasteiger partial charge in [-0.15, -0.1) is 5.10 Å². The molecule has 0 radical (unpaired) electrons. The quantitative estimate of drug-likeness (QED) is 0.871. The molecule has 0 aliphatic heterocycles. The molecular formula is C11H14FN5O. The predicted molar refractivity (Wildman–Crippen MR) is 64.7 cm³/mol. The van der Waals surface area contributed by atoms with Gasteiger partial charge in [-0.3, -0.25) is 4.79 Å². The van der Waals surface area contributed by atoms with Crippen molar-refractivity contribution in [2.24, 2.45) is 0 Å². The van der Waals surface area contributed by atoms with Crippen molar-refractivity contribution >= 4 is 17.5 Å². The van der Waals surface area contributed by atoms with Crippen LogP contribution in [-0.4, -0.2) is 46.0 Å². The lowest BCUT2D eigenvalue weighted by Crippen LogP contribution is -2.24. The Hall–Kier alpha value is -2.18. The highest BCUT2D eigenvalue weighted by molar-refractivity contribution is 5.76. The third-order valence-electron chi connectivity index (χ3n) is 2.42. The Morgan fingerprint density at radius 3 is 3.00 bits per heavy atom. The van der Waals surface area contributed by atoms with Crippen molar-refractivity contribution in [3.05, 3.63) is 24.1 Å². The third-order valence-corrected chi connectivity index (χ3v) is 2.42. The molecule has 0 bridgehead atoms. The van der Waals surface area contributed by atoms with Crippen molar-refractivity contribution in [1.82, 2.24) is 19.5 Å². The van der Waals surface area contributed by atoms with Crippen molar-refractivity contribution in [3.63, 3.8) is 0 Å². The number of halogens is 1. The minimum atomic E-state index is -0.373. The Balaban J connectivity index is 1.98. The number of hydrogen-bond donors (Lipinski definition) is 1. The molecule has 2 aromatic heterocycles. The lowest BCUT2D eigenvalue weighted by molar-refractivity contribution is -0.128. The van der Waals surface area contributed by atoms with Crippen LogP contribution in [0, 0.1) is 5.82 Å². The average molecular weight is 251 g/mol. The molecule has 0 fully saturated rings. The van der Waals surface area contributed by atoms with Gasteiger partial charge >= 0.3 is 0 Å². The summed E-state index contributed by atoms with van der Waals surface area (Å²) in [5.41, 5.74) is 0.554. The Morgan fingerprint density at radius 2 is 2.28 bits per heavy atom. The van der Waals surface area contributed by atoms with Crippen molar-refractivity contribution in [2.45, 2.75) is 6.42 Å². The second kappa shape index (κ2) is 4.99. The van der Waals surface area contributed by atoms with Crippen LogP contribution in [0.15, 0.2) is 18.3 Å². The number of fused-ring (bicyclic) bond motifs is 1. The number of rotatable bonds is 4. The van der Waals surface area contributed by atoms with Gasteiger partial charge in [0.05, 0.1) is 6.20 Å². The van der Waals surface area contributed by atoms with E-state index in [0.29, 0.717) is 24.6 Å². The first-order chi connectivity index (χ1) is 8.56. The third kappa shape index (κ3) is 2.73. The van der Waals surface area contributed by atoms with Crippen LogP contribution < -0.4 is 5.32 Å². The van der Waals surface area contributed by atoms with Crippen molar-refractivity contribution in [3.8, 4) is 0 Å². The topological polar surface area (TPSA) is 62.5 Å². The zero-order valence-electron chi connectivity index (χ0n) is 10.2. The van der Waals surface area contributed by atoms with Crippen molar-refractivity contribution in [1.29, 1.82) is 0 Å². The van der Waals surface area contributed by atoms with Gasteiger partial charge in [0.2, 0.25) is 11.9 Å². The van der Waals surface area contributed by atoms with Crippen LogP contribution in [0.25, 0.3) is 5.65 Å². The van der Waals surface area contributed by atoms with Crippen LogP contribution in [0.5, 0.6) is 0 Å². The smallest absolute Gasteiger partial charge is 0.243 e. The lowest BCUT2D eigenvalue weighted by atomic mass is 10.4. The van der Waals surface area contributed by atoms with Gasteiger partial charge in [0.1, 0.15) is 5.82 Å². The van der Waals surface area contributed by atoms with Gasteiger partial charge in [-0.1, -0.05) is 0 Å². The molecule has 0 aliphatic rings. The molecule has 2 aromatic rings. The number of carbonyl (C=O) groups is 1. The summed E-state index contributed by atoms with van der Waals surface area (Å²) in [6.07, 6.45) is 1.61. The van der Waals surface area contributed by atoms with Gasteiger partial charge in [-0.05, 0) is 12.1 Å². The van der Waals surface area contributed by atoms with Crippen LogP contribution in [0.4, 0.5) is 10.3 Å². The summed E-state index contributed by atoms with van der Waals surface area (Å²) in [5, 5.41) is 6.97. The first-order valence-corrected chi connectivity index (χ1v) is 5.52. The van der Waals surface area contributed by atoms with Crippen LogP contribution in [0.1, 0.15) is 6.42 Å². The molecule has 18 heavy (non-hydrogen) atoms. The Kier molecular flexibility index (Phi) is 3.40. The molecule has 0 spiro atoms. The molecule has 2 heterocycles. The van der Waals surface area contributed by atoms with Gasteiger partial charge < -0.3 is 10.2 Å². The fraction of sp³-hybridized carbons (Fsp3) is 0.364. The molecule has 2 rings (SSSR count). The van der Waals surface area contributed by atoms with Crippen molar-refractivity contribution < 1.29 is 9.18 Å². The normalized spacial score (nSPS) is 10.6. The number of nitrogens with one attached hydrogen (secondary N) is 1. The summed E-state index contributed by atoms with van der Waals surface area (Å²) in [6, 6.07) is 2.86. The maximum Gasteiger partial charge on any atom is 0.243 e. The monoisotopic (exact) mass is 251 g/mol. The zero-order valence-corrected chi connectivity index (χ0v) is 10.2. The summed E-state index contributed by atoms with van der Waals surface area (Å²) >= 11 is 0. The number of amides is 1. The van der Waals surface area contributed by atoms with E-state index in [1.54, 1.807) is 20.2 Å². The van der Waals surface area contributed by atoms with E-state index in [1.165, 1.54) is 21.7 Å². The van der Waals surface area contributed by atoms with Crippen LogP contribution in [0.2, 0.25) is 0 Å². The highest BCUT2D eigenvalue weighted by Crippen LogP contribution is 2.06. The second-order valence-electron chi connectivity index (χ2n) is 4.05. The first-order valence-electron chi connectivity index (χ1n) is 5.52. The molecule has 1 amide bonds. The SMILES string of the molecule is CN(C)C(=O)CCNc1nc2ccc(F)cn2n1. The Morgan fingerprint density at radius 1 is 1.50 bits per heavy atom. The van der Waals surface area contributed by atoms with E-state index in [0.717, 1.165) is 0 Å². The lowest BCUT2D eigenvalue weighted by Gasteiger charge is -2.09. The maximum absolute atomic E-state index is 12.9. The highest BCUT2D eigenvalue weighted by Gasteiger charge is 2.06. The van der Waals surface area contributed by atoms with E-state index in [4.69, 9.17) is 0 Å². The van der Waals surface area contributed by atoms with Gasteiger partial charge in [0.25, 0.3) is 0 Å². The van der Waals surface area contributed by atoms with Gasteiger partial charge in [-0.25, -0.2) is 8.91 Å². The number of anilines is 1. The molecule has 7 heteroatoms.